The Morgan fingerprint density at radius 1 is 0.860 bits per heavy atom. The molecule has 0 spiro atoms. The molecule has 3 aromatic rings. The number of amides is 3. The van der Waals surface area contributed by atoms with E-state index < -0.39 is 47.9 Å². The van der Waals surface area contributed by atoms with Crippen LogP contribution in [-0.2, 0) is 32.0 Å². The molecule has 232 valence electrons. The summed E-state index contributed by atoms with van der Waals surface area (Å²) in [6, 6.07) is 12.9. The van der Waals surface area contributed by atoms with Crippen molar-refractivity contribution in [1.82, 2.24) is 20.9 Å². The molecule has 9 N–H and O–H groups in total. The number of fused-ring (bicyclic) bond motifs is 1. The quantitative estimate of drug-likeness (QED) is 0.117. The summed E-state index contributed by atoms with van der Waals surface area (Å²) < 4.78 is 0. The number of carbonyl (C=O) groups excluding carboxylic acids is 3. The molecule has 0 saturated carbocycles. The molecule has 0 bridgehead atoms. The van der Waals surface area contributed by atoms with Gasteiger partial charge in [0.2, 0.25) is 17.7 Å². The third-order valence-electron chi connectivity index (χ3n) is 7.72. The number of hydrogen-bond donors (Lipinski definition) is 7. The highest BCUT2D eigenvalue weighted by molar-refractivity contribution is 5.94. The Hall–Kier alpha value is -4.22. The summed E-state index contributed by atoms with van der Waals surface area (Å²) in [6.45, 7) is 4.10. The van der Waals surface area contributed by atoms with E-state index in [1.807, 2.05) is 67.7 Å². The lowest BCUT2D eigenvalue weighted by Crippen LogP contribution is -2.59. The van der Waals surface area contributed by atoms with Crippen molar-refractivity contribution in [3.8, 4) is 0 Å². The van der Waals surface area contributed by atoms with Gasteiger partial charge in [-0.25, -0.2) is 4.79 Å². The van der Waals surface area contributed by atoms with Crippen LogP contribution >= 0.6 is 0 Å². The van der Waals surface area contributed by atoms with Gasteiger partial charge in [-0.05, 0) is 55.3 Å². The lowest BCUT2D eigenvalue weighted by atomic mass is 9.96. The van der Waals surface area contributed by atoms with E-state index in [0.29, 0.717) is 25.8 Å². The standard InChI is InChI=1S/C32H44N6O5/c1-3-20(2)28(31(41)36-26(32(42)43)15-9-10-16-33)38-30(40)27(17-21-11-5-4-6-12-21)37-29(39)24(34)18-22-19-35-25-14-8-7-13-23(22)25/h4-8,11-14,19-20,24,26-28,35H,3,9-10,15-18,33-34H2,1-2H3,(H,36,41)(H,37,39)(H,38,40)(H,42,43). The van der Waals surface area contributed by atoms with E-state index in [0.717, 1.165) is 22.0 Å². The Kier molecular flexibility index (Phi) is 12.7. The first kappa shape index (κ1) is 33.3. The molecule has 1 heterocycles. The number of unbranched alkanes of at least 4 members (excludes halogenated alkanes) is 1. The molecule has 1 aromatic heterocycles. The van der Waals surface area contributed by atoms with E-state index in [2.05, 4.69) is 20.9 Å². The number of para-hydroxylation sites is 1. The highest BCUT2D eigenvalue weighted by atomic mass is 16.4. The monoisotopic (exact) mass is 592 g/mol. The fraction of sp³-hybridized carbons (Fsp3) is 0.438. The molecule has 11 heteroatoms. The smallest absolute Gasteiger partial charge is 0.326 e. The zero-order valence-electron chi connectivity index (χ0n) is 24.8. The fourth-order valence-electron chi connectivity index (χ4n) is 4.94. The second-order valence-corrected chi connectivity index (χ2v) is 11.0. The minimum absolute atomic E-state index is 0.171. The zero-order chi connectivity index (χ0) is 31.4. The maximum atomic E-state index is 13.7. The van der Waals surface area contributed by atoms with Gasteiger partial charge >= 0.3 is 5.97 Å². The maximum Gasteiger partial charge on any atom is 0.326 e. The van der Waals surface area contributed by atoms with Crippen molar-refractivity contribution in [2.24, 2.45) is 17.4 Å². The number of hydrogen-bond acceptors (Lipinski definition) is 6. The van der Waals surface area contributed by atoms with E-state index in [1.54, 1.807) is 6.92 Å². The molecule has 11 nitrogen and oxygen atoms in total. The first-order valence-corrected chi connectivity index (χ1v) is 14.8. The minimum atomic E-state index is -1.15. The van der Waals surface area contributed by atoms with E-state index in [4.69, 9.17) is 11.5 Å². The third kappa shape index (κ3) is 9.65. The van der Waals surface area contributed by atoms with E-state index in [-0.39, 0.29) is 25.2 Å². The molecule has 0 aliphatic rings. The van der Waals surface area contributed by atoms with E-state index in [9.17, 15) is 24.3 Å². The molecule has 0 saturated heterocycles. The summed E-state index contributed by atoms with van der Waals surface area (Å²) in [7, 11) is 0. The first-order valence-electron chi connectivity index (χ1n) is 14.8. The van der Waals surface area contributed by atoms with Crippen molar-refractivity contribution in [2.75, 3.05) is 6.54 Å². The summed E-state index contributed by atoms with van der Waals surface area (Å²) >= 11 is 0. The van der Waals surface area contributed by atoms with Gasteiger partial charge in [0.05, 0.1) is 6.04 Å². The van der Waals surface area contributed by atoms with Crippen LogP contribution < -0.4 is 27.4 Å². The number of H-pyrrole nitrogens is 1. The Bertz CT molecular complexity index is 1360. The van der Waals surface area contributed by atoms with Gasteiger partial charge in [0.25, 0.3) is 0 Å². The number of carboxylic acid groups (broad SMARTS) is 1. The Labute approximate surface area is 252 Å². The fourth-order valence-corrected chi connectivity index (χ4v) is 4.94. The van der Waals surface area contributed by atoms with Crippen LogP contribution in [0, 0.1) is 5.92 Å². The Balaban J connectivity index is 1.76. The molecule has 3 rings (SSSR count). The van der Waals surface area contributed by atoms with Crippen molar-refractivity contribution in [3.63, 3.8) is 0 Å². The van der Waals surface area contributed by atoms with Crippen molar-refractivity contribution >= 4 is 34.6 Å². The second-order valence-electron chi connectivity index (χ2n) is 11.0. The number of rotatable bonds is 17. The molecule has 0 fully saturated rings. The van der Waals surface area contributed by atoms with Crippen LogP contribution in [0.25, 0.3) is 10.9 Å². The molecule has 0 radical (unpaired) electrons. The van der Waals surface area contributed by atoms with E-state index >= 15 is 0 Å². The highest BCUT2D eigenvalue weighted by Crippen LogP contribution is 2.19. The van der Waals surface area contributed by atoms with Gasteiger partial charge in [0.1, 0.15) is 18.1 Å². The molecular weight excluding hydrogens is 548 g/mol. The summed E-state index contributed by atoms with van der Waals surface area (Å²) in [5.41, 5.74) is 14.5. The molecule has 43 heavy (non-hydrogen) atoms. The summed E-state index contributed by atoms with van der Waals surface area (Å²) in [5, 5.41) is 18.8. The normalized spacial score (nSPS) is 14.7. The molecule has 0 aliphatic heterocycles. The topological polar surface area (TPSA) is 192 Å². The molecule has 3 amide bonds. The predicted molar refractivity (Wildman–Crippen MR) is 166 cm³/mol. The van der Waals surface area contributed by atoms with Crippen molar-refractivity contribution < 1.29 is 24.3 Å². The molecule has 5 atom stereocenters. The zero-order valence-corrected chi connectivity index (χ0v) is 24.8. The number of benzene rings is 2. The van der Waals surface area contributed by atoms with Crippen LogP contribution in [0.4, 0.5) is 0 Å². The SMILES string of the molecule is CCC(C)C(NC(=O)C(Cc1ccccc1)NC(=O)C(N)Cc1c[nH]c2ccccc12)C(=O)NC(CCCCN)C(=O)O. The van der Waals surface area contributed by atoms with Crippen LogP contribution in [0.2, 0.25) is 0 Å². The van der Waals surface area contributed by atoms with Gasteiger partial charge in [-0.15, -0.1) is 0 Å². The van der Waals surface area contributed by atoms with Gasteiger partial charge in [-0.3, -0.25) is 14.4 Å². The molecule has 0 aliphatic carbocycles. The van der Waals surface area contributed by atoms with Crippen LogP contribution in [0.5, 0.6) is 0 Å². The van der Waals surface area contributed by atoms with Gasteiger partial charge in [-0.1, -0.05) is 68.8 Å². The van der Waals surface area contributed by atoms with Gasteiger partial charge < -0.3 is 37.5 Å². The van der Waals surface area contributed by atoms with Crippen molar-refractivity contribution in [2.45, 2.75) is 76.5 Å². The van der Waals surface area contributed by atoms with Crippen molar-refractivity contribution in [3.05, 3.63) is 71.9 Å². The number of carboxylic acids is 1. The molecule has 2 aromatic carbocycles. The summed E-state index contributed by atoms with van der Waals surface area (Å²) in [4.78, 5) is 55.2. The highest BCUT2D eigenvalue weighted by Gasteiger charge is 2.33. The maximum absolute atomic E-state index is 13.7. The Morgan fingerprint density at radius 2 is 1.53 bits per heavy atom. The predicted octanol–water partition coefficient (Wildman–Crippen LogP) is 1.99. The number of carbonyl (C=O) groups is 4. The largest absolute Gasteiger partial charge is 0.480 e. The number of nitrogens with one attached hydrogen (secondary N) is 4. The van der Waals surface area contributed by atoms with Crippen LogP contribution in [0.3, 0.4) is 0 Å². The lowest BCUT2D eigenvalue weighted by Gasteiger charge is -2.28. The summed E-state index contributed by atoms with van der Waals surface area (Å²) in [6.07, 6.45) is 4.20. The summed E-state index contributed by atoms with van der Waals surface area (Å²) in [5.74, 6) is -3.12. The van der Waals surface area contributed by atoms with Crippen LogP contribution in [-0.4, -0.2) is 64.5 Å². The minimum Gasteiger partial charge on any atom is -0.480 e. The first-order chi connectivity index (χ1) is 20.6. The number of aromatic amines is 1. The second kappa shape index (κ2) is 16.4. The van der Waals surface area contributed by atoms with Crippen LogP contribution in [0.1, 0.15) is 50.7 Å². The van der Waals surface area contributed by atoms with Gasteiger partial charge in [0, 0.05) is 23.5 Å². The van der Waals surface area contributed by atoms with Crippen LogP contribution in [0.15, 0.2) is 60.8 Å². The van der Waals surface area contributed by atoms with Gasteiger partial charge in [0.15, 0.2) is 0 Å². The molecular formula is C32H44N6O5. The van der Waals surface area contributed by atoms with Crippen molar-refractivity contribution in [1.29, 1.82) is 0 Å². The lowest BCUT2D eigenvalue weighted by molar-refractivity contribution is -0.143. The average molecular weight is 593 g/mol. The number of aliphatic carboxylic acids is 1. The number of nitrogens with two attached hydrogens (primary N) is 2. The van der Waals surface area contributed by atoms with Gasteiger partial charge in [-0.2, -0.15) is 0 Å². The average Bonchev–Trinajstić information content (AvgIpc) is 3.41. The Morgan fingerprint density at radius 3 is 2.21 bits per heavy atom. The molecule has 5 unspecified atom stereocenters. The third-order valence-corrected chi connectivity index (χ3v) is 7.72. The number of aromatic nitrogens is 1. The van der Waals surface area contributed by atoms with E-state index in [1.165, 1.54) is 0 Å².